The van der Waals surface area contributed by atoms with Gasteiger partial charge in [0.1, 0.15) is 0 Å². The number of thioether (sulfide) groups is 1. The van der Waals surface area contributed by atoms with Crippen LogP contribution in [-0.4, -0.2) is 42.6 Å². The Morgan fingerprint density at radius 3 is 2.67 bits per heavy atom. The molecule has 15 heavy (non-hydrogen) atoms. The maximum atomic E-state index is 11.9. The molecule has 1 aliphatic heterocycles. The SMILES string of the molecule is CCCS(=O)(=O)N1CCSC(C(C)C)C1. The Labute approximate surface area is 97.7 Å². The fraction of sp³-hybridized carbons (Fsp3) is 1.00. The monoisotopic (exact) mass is 251 g/mol. The third-order valence-electron chi connectivity index (χ3n) is 2.66. The minimum atomic E-state index is -2.98. The molecule has 0 spiro atoms. The zero-order chi connectivity index (χ0) is 11.5. The molecule has 1 heterocycles. The molecule has 0 radical (unpaired) electrons. The van der Waals surface area contributed by atoms with Crippen molar-refractivity contribution >= 4 is 21.8 Å². The summed E-state index contributed by atoms with van der Waals surface area (Å²) in [6, 6.07) is 0. The Hall–Kier alpha value is 0.260. The molecule has 90 valence electrons. The van der Waals surface area contributed by atoms with Gasteiger partial charge in [0.2, 0.25) is 10.0 Å². The summed E-state index contributed by atoms with van der Waals surface area (Å²) in [6.45, 7) is 7.62. The third-order valence-corrected chi connectivity index (χ3v) is 6.24. The first-order valence-corrected chi connectivity index (χ1v) is 8.22. The zero-order valence-electron chi connectivity index (χ0n) is 9.77. The number of sulfonamides is 1. The van der Waals surface area contributed by atoms with E-state index in [1.165, 1.54) is 0 Å². The highest BCUT2D eigenvalue weighted by Crippen LogP contribution is 2.26. The van der Waals surface area contributed by atoms with Gasteiger partial charge in [-0.15, -0.1) is 0 Å². The van der Waals surface area contributed by atoms with Gasteiger partial charge in [0.25, 0.3) is 0 Å². The van der Waals surface area contributed by atoms with E-state index in [1.807, 2.05) is 18.7 Å². The first kappa shape index (κ1) is 13.3. The minimum Gasteiger partial charge on any atom is -0.212 e. The second-order valence-electron chi connectivity index (χ2n) is 4.33. The van der Waals surface area contributed by atoms with E-state index in [4.69, 9.17) is 0 Å². The summed E-state index contributed by atoms with van der Waals surface area (Å²) in [6.07, 6.45) is 0.707. The molecule has 0 bridgehead atoms. The molecule has 1 saturated heterocycles. The molecule has 1 unspecified atom stereocenters. The Morgan fingerprint density at radius 2 is 2.13 bits per heavy atom. The largest absolute Gasteiger partial charge is 0.214 e. The summed E-state index contributed by atoms with van der Waals surface area (Å²) in [5.41, 5.74) is 0. The molecule has 0 aromatic heterocycles. The van der Waals surface area contributed by atoms with Crippen molar-refractivity contribution in [3.63, 3.8) is 0 Å². The lowest BCUT2D eigenvalue weighted by molar-refractivity contribution is 0.391. The quantitative estimate of drug-likeness (QED) is 0.764. The van der Waals surface area contributed by atoms with E-state index in [0.29, 0.717) is 36.4 Å². The van der Waals surface area contributed by atoms with E-state index in [-0.39, 0.29) is 0 Å². The van der Waals surface area contributed by atoms with Gasteiger partial charge in [0.15, 0.2) is 0 Å². The third kappa shape index (κ3) is 3.64. The fourth-order valence-corrected chi connectivity index (χ4v) is 4.73. The van der Waals surface area contributed by atoms with Gasteiger partial charge in [0.05, 0.1) is 5.75 Å². The van der Waals surface area contributed by atoms with Gasteiger partial charge >= 0.3 is 0 Å². The second-order valence-corrected chi connectivity index (χ2v) is 7.76. The van der Waals surface area contributed by atoms with Crippen LogP contribution in [0.15, 0.2) is 0 Å². The topological polar surface area (TPSA) is 37.4 Å². The first-order valence-electron chi connectivity index (χ1n) is 5.56. The molecule has 1 aliphatic rings. The normalized spacial score (nSPS) is 24.7. The van der Waals surface area contributed by atoms with Crippen LogP contribution in [0.5, 0.6) is 0 Å². The van der Waals surface area contributed by atoms with Gasteiger partial charge < -0.3 is 0 Å². The van der Waals surface area contributed by atoms with Crippen molar-refractivity contribution in [1.29, 1.82) is 0 Å². The minimum absolute atomic E-state index is 0.294. The molecule has 3 nitrogen and oxygen atoms in total. The van der Waals surface area contributed by atoms with Crippen molar-refractivity contribution in [2.45, 2.75) is 32.4 Å². The lowest BCUT2D eigenvalue weighted by Crippen LogP contribution is -2.44. The molecule has 0 aliphatic carbocycles. The maximum absolute atomic E-state index is 11.9. The highest BCUT2D eigenvalue weighted by molar-refractivity contribution is 8.00. The lowest BCUT2D eigenvalue weighted by Gasteiger charge is -2.33. The Kier molecular flexibility index (Phi) is 4.93. The zero-order valence-corrected chi connectivity index (χ0v) is 11.4. The molecule has 0 aromatic rings. The molecule has 5 heteroatoms. The highest BCUT2D eigenvalue weighted by Gasteiger charge is 2.29. The summed E-state index contributed by atoms with van der Waals surface area (Å²) in [5.74, 6) is 1.78. The number of hydrogen-bond acceptors (Lipinski definition) is 3. The van der Waals surface area contributed by atoms with E-state index in [1.54, 1.807) is 4.31 Å². The van der Waals surface area contributed by atoms with Crippen molar-refractivity contribution in [2.24, 2.45) is 5.92 Å². The van der Waals surface area contributed by atoms with Crippen LogP contribution in [0.3, 0.4) is 0 Å². The first-order chi connectivity index (χ1) is 6.97. The lowest BCUT2D eigenvalue weighted by atomic mass is 10.1. The molecule has 0 amide bonds. The molecule has 0 N–H and O–H groups in total. The van der Waals surface area contributed by atoms with Gasteiger partial charge in [-0.2, -0.15) is 16.1 Å². The van der Waals surface area contributed by atoms with Gasteiger partial charge in [-0.05, 0) is 12.3 Å². The van der Waals surface area contributed by atoms with Gasteiger partial charge in [0, 0.05) is 24.1 Å². The summed E-state index contributed by atoms with van der Waals surface area (Å²) < 4.78 is 25.4. The van der Waals surface area contributed by atoms with E-state index in [2.05, 4.69) is 13.8 Å². The van der Waals surface area contributed by atoms with Crippen molar-refractivity contribution < 1.29 is 8.42 Å². The van der Waals surface area contributed by atoms with Gasteiger partial charge in [-0.25, -0.2) is 8.42 Å². The molecule has 0 aromatic carbocycles. The smallest absolute Gasteiger partial charge is 0.212 e. The molecule has 0 saturated carbocycles. The van der Waals surface area contributed by atoms with Crippen LogP contribution in [-0.2, 0) is 10.0 Å². The highest BCUT2D eigenvalue weighted by atomic mass is 32.2. The standard InChI is InChI=1S/C10H21NO2S2/c1-4-7-15(12,13)11-5-6-14-10(8-11)9(2)3/h9-10H,4-8H2,1-3H3. The van der Waals surface area contributed by atoms with E-state index >= 15 is 0 Å². The summed E-state index contributed by atoms with van der Waals surface area (Å²) in [7, 11) is -2.98. The molecular weight excluding hydrogens is 230 g/mol. The van der Waals surface area contributed by atoms with Crippen LogP contribution in [0.4, 0.5) is 0 Å². The van der Waals surface area contributed by atoms with Crippen LogP contribution in [0.2, 0.25) is 0 Å². The average molecular weight is 251 g/mol. The van der Waals surface area contributed by atoms with Gasteiger partial charge in [-0.1, -0.05) is 20.8 Å². The molecule has 1 fully saturated rings. The van der Waals surface area contributed by atoms with Crippen molar-refractivity contribution in [3.05, 3.63) is 0 Å². The Balaban J connectivity index is 2.63. The Morgan fingerprint density at radius 1 is 1.47 bits per heavy atom. The van der Waals surface area contributed by atoms with Gasteiger partial charge in [-0.3, -0.25) is 0 Å². The second kappa shape index (κ2) is 5.55. The molecule has 1 rings (SSSR count). The van der Waals surface area contributed by atoms with Crippen molar-refractivity contribution in [2.75, 3.05) is 24.6 Å². The summed E-state index contributed by atoms with van der Waals surface area (Å²) in [5, 5.41) is 0.463. The summed E-state index contributed by atoms with van der Waals surface area (Å²) >= 11 is 1.90. The predicted octanol–water partition coefficient (Wildman–Crippen LogP) is 1.80. The van der Waals surface area contributed by atoms with Crippen LogP contribution >= 0.6 is 11.8 Å². The molecule has 1 atom stereocenters. The van der Waals surface area contributed by atoms with Crippen LogP contribution in [0.1, 0.15) is 27.2 Å². The number of rotatable bonds is 4. The number of hydrogen-bond donors (Lipinski definition) is 0. The Bertz CT molecular complexity index is 288. The van der Waals surface area contributed by atoms with Crippen LogP contribution < -0.4 is 0 Å². The van der Waals surface area contributed by atoms with E-state index in [0.717, 1.165) is 5.75 Å². The van der Waals surface area contributed by atoms with Crippen LogP contribution in [0, 0.1) is 5.92 Å². The van der Waals surface area contributed by atoms with Crippen molar-refractivity contribution in [3.8, 4) is 0 Å². The van der Waals surface area contributed by atoms with E-state index < -0.39 is 10.0 Å². The summed E-state index contributed by atoms with van der Waals surface area (Å²) in [4.78, 5) is 0. The fourth-order valence-electron chi connectivity index (χ4n) is 1.69. The van der Waals surface area contributed by atoms with Crippen molar-refractivity contribution in [1.82, 2.24) is 4.31 Å². The molecular formula is C10H21NO2S2. The van der Waals surface area contributed by atoms with E-state index in [9.17, 15) is 8.42 Å². The average Bonchev–Trinajstić information content (AvgIpc) is 2.18. The van der Waals surface area contributed by atoms with Crippen LogP contribution in [0.25, 0.3) is 0 Å². The number of nitrogens with zero attached hydrogens (tertiary/aromatic N) is 1. The predicted molar refractivity (Wildman–Crippen MR) is 66.7 cm³/mol. The maximum Gasteiger partial charge on any atom is 0.214 e.